The molecule has 0 aliphatic rings. The fourth-order valence-corrected chi connectivity index (χ4v) is 2.41. The molecule has 0 radical (unpaired) electrons. The van der Waals surface area contributed by atoms with Crippen molar-refractivity contribution in [2.24, 2.45) is 7.05 Å². The molecule has 0 atom stereocenters. The van der Waals surface area contributed by atoms with E-state index in [1.54, 1.807) is 24.7 Å². The summed E-state index contributed by atoms with van der Waals surface area (Å²) in [4.78, 5) is 24.3. The topological polar surface area (TPSA) is 74.3 Å². The smallest absolute Gasteiger partial charge is 0.342 e. The Morgan fingerprint density at radius 1 is 1.26 bits per heavy atom. The maximum Gasteiger partial charge on any atom is 0.342 e. The molecule has 0 saturated heterocycles. The number of Topliss-reactive ketones (excluding diaryl/α,β-unsaturated/α-hetero) is 1. The number of esters is 1. The zero-order chi connectivity index (χ0) is 16.6. The molecule has 3 aromatic rings. The van der Waals surface area contributed by atoms with Gasteiger partial charge in [-0.15, -0.1) is 0 Å². The zero-order valence-electron chi connectivity index (χ0n) is 13.1. The number of rotatable bonds is 4. The van der Waals surface area contributed by atoms with E-state index >= 15 is 0 Å². The molecule has 0 fully saturated rings. The van der Waals surface area contributed by atoms with Gasteiger partial charge in [0.05, 0.1) is 6.20 Å². The van der Waals surface area contributed by atoms with Gasteiger partial charge in [-0.3, -0.25) is 9.48 Å². The van der Waals surface area contributed by atoms with Crippen molar-refractivity contribution in [3.63, 3.8) is 0 Å². The van der Waals surface area contributed by atoms with Crippen molar-refractivity contribution in [3.05, 3.63) is 53.0 Å². The van der Waals surface area contributed by atoms with Crippen LogP contribution in [0.15, 0.2) is 34.9 Å². The molecule has 0 aliphatic heterocycles. The van der Waals surface area contributed by atoms with E-state index in [2.05, 4.69) is 5.10 Å². The summed E-state index contributed by atoms with van der Waals surface area (Å²) < 4.78 is 12.2. The number of hydrogen-bond acceptors (Lipinski definition) is 5. The molecule has 0 aliphatic carbocycles. The van der Waals surface area contributed by atoms with E-state index in [1.165, 1.54) is 6.20 Å². The fraction of sp³-hybridized carbons (Fsp3) is 0.235. The summed E-state index contributed by atoms with van der Waals surface area (Å²) in [5.41, 5.74) is 2.42. The van der Waals surface area contributed by atoms with E-state index in [9.17, 15) is 9.59 Å². The number of para-hydroxylation sites is 1. The lowest BCUT2D eigenvalue weighted by Crippen LogP contribution is -2.15. The summed E-state index contributed by atoms with van der Waals surface area (Å²) in [6.45, 7) is 3.20. The molecule has 2 aromatic heterocycles. The van der Waals surface area contributed by atoms with Gasteiger partial charge in [-0.2, -0.15) is 5.10 Å². The van der Waals surface area contributed by atoms with Gasteiger partial charge >= 0.3 is 5.97 Å². The van der Waals surface area contributed by atoms with Crippen LogP contribution in [-0.4, -0.2) is 28.1 Å². The Morgan fingerprint density at radius 2 is 2.00 bits per heavy atom. The van der Waals surface area contributed by atoms with Crippen LogP contribution in [0.3, 0.4) is 0 Å². The summed E-state index contributed by atoms with van der Waals surface area (Å²) in [7, 11) is 1.73. The normalized spacial score (nSPS) is 10.9. The van der Waals surface area contributed by atoms with Crippen molar-refractivity contribution < 1.29 is 18.7 Å². The Morgan fingerprint density at radius 3 is 2.65 bits per heavy atom. The summed E-state index contributed by atoms with van der Waals surface area (Å²) in [5, 5.41) is 4.86. The summed E-state index contributed by atoms with van der Waals surface area (Å²) >= 11 is 0. The molecule has 0 bridgehead atoms. The Labute approximate surface area is 132 Å². The molecule has 0 N–H and O–H groups in total. The number of furan rings is 1. The highest BCUT2D eigenvalue weighted by molar-refractivity contribution is 6.02. The van der Waals surface area contributed by atoms with Gasteiger partial charge in [0.15, 0.2) is 12.4 Å². The van der Waals surface area contributed by atoms with Crippen LogP contribution < -0.4 is 0 Å². The van der Waals surface area contributed by atoms with Crippen LogP contribution in [0, 0.1) is 13.8 Å². The third-order valence-electron chi connectivity index (χ3n) is 3.89. The lowest BCUT2D eigenvalue weighted by atomic mass is 10.1. The predicted octanol–water partition coefficient (Wildman–Crippen LogP) is 2.82. The summed E-state index contributed by atoms with van der Waals surface area (Å²) in [6.07, 6.45) is 1.43. The number of ether oxygens (including phenoxy) is 1. The summed E-state index contributed by atoms with van der Waals surface area (Å²) in [6, 6.07) is 7.40. The Bertz CT molecular complexity index is 905. The van der Waals surface area contributed by atoms with Gasteiger partial charge in [0.1, 0.15) is 11.1 Å². The minimum atomic E-state index is -0.572. The molecule has 0 amide bonds. The molecule has 0 unspecified atom stereocenters. The van der Waals surface area contributed by atoms with Crippen molar-refractivity contribution in [2.75, 3.05) is 6.61 Å². The molecule has 23 heavy (non-hydrogen) atoms. The van der Waals surface area contributed by atoms with E-state index in [0.29, 0.717) is 16.8 Å². The average Bonchev–Trinajstić information content (AvgIpc) is 3.06. The van der Waals surface area contributed by atoms with Crippen LogP contribution in [0.25, 0.3) is 11.0 Å². The van der Waals surface area contributed by atoms with Crippen molar-refractivity contribution in [1.29, 1.82) is 0 Å². The van der Waals surface area contributed by atoms with Crippen LogP contribution in [0.4, 0.5) is 0 Å². The number of fused-ring (bicyclic) bond motifs is 1. The van der Waals surface area contributed by atoms with E-state index in [-0.39, 0.29) is 18.2 Å². The first-order valence-electron chi connectivity index (χ1n) is 7.16. The van der Waals surface area contributed by atoms with Gasteiger partial charge in [-0.25, -0.2) is 4.79 Å². The second kappa shape index (κ2) is 5.72. The Balaban J connectivity index is 1.75. The monoisotopic (exact) mass is 312 g/mol. The minimum absolute atomic E-state index is 0.224. The third-order valence-corrected chi connectivity index (χ3v) is 3.89. The van der Waals surface area contributed by atoms with E-state index < -0.39 is 5.97 Å². The van der Waals surface area contributed by atoms with Gasteiger partial charge in [-0.05, 0) is 19.9 Å². The zero-order valence-corrected chi connectivity index (χ0v) is 13.1. The van der Waals surface area contributed by atoms with E-state index in [4.69, 9.17) is 9.15 Å². The molecular formula is C17H16N2O4. The predicted molar refractivity (Wildman–Crippen MR) is 83.5 cm³/mol. The van der Waals surface area contributed by atoms with Gasteiger partial charge in [0.2, 0.25) is 5.78 Å². The quantitative estimate of drug-likeness (QED) is 0.547. The first-order valence-corrected chi connectivity index (χ1v) is 7.16. The first-order chi connectivity index (χ1) is 11.0. The third kappa shape index (κ3) is 2.63. The van der Waals surface area contributed by atoms with Crippen LogP contribution in [0.2, 0.25) is 0 Å². The van der Waals surface area contributed by atoms with Crippen molar-refractivity contribution >= 4 is 22.7 Å². The second-order valence-corrected chi connectivity index (χ2v) is 5.32. The molecule has 0 spiro atoms. The highest BCUT2D eigenvalue weighted by atomic mass is 16.5. The number of nitrogens with zero attached hydrogens (tertiary/aromatic N) is 2. The number of carbonyl (C=O) groups excluding carboxylic acids is 2. The molecule has 118 valence electrons. The van der Waals surface area contributed by atoms with Gasteiger partial charge in [-0.1, -0.05) is 18.2 Å². The number of aromatic nitrogens is 2. The minimum Gasteiger partial charge on any atom is -0.453 e. The molecule has 6 nitrogen and oxygen atoms in total. The molecule has 2 heterocycles. The standard InChI is InChI=1S/C17H16N2O4/c1-10-12-6-4-5-7-15(12)23-16(10)14(20)9-22-17(21)13-8-18-19(3)11(13)2/h4-8H,9H2,1-3H3. The Kier molecular flexibility index (Phi) is 3.73. The molecule has 3 rings (SSSR count). The molecule has 1 aromatic carbocycles. The fourth-order valence-electron chi connectivity index (χ4n) is 2.41. The maximum absolute atomic E-state index is 12.3. The van der Waals surface area contributed by atoms with Gasteiger partial charge in [0, 0.05) is 23.7 Å². The number of benzene rings is 1. The SMILES string of the molecule is Cc1c(C(=O)COC(=O)c2cnn(C)c2C)oc2ccccc12. The lowest BCUT2D eigenvalue weighted by molar-refractivity contribution is 0.0467. The molecule has 0 saturated carbocycles. The number of carbonyl (C=O) groups is 2. The number of hydrogen-bond donors (Lipinski definition) is 0. The van der Waals surface area contributed by atoms with Crippen molar-refractivity contribution in [3.8, 4) is 0 Å². The second-order valence-electron chi connectivity index (χ2n) is 5.32. The highest BCUT2D eigenvalue weighted by Gasteiger charge is 2.20. The highest BCUT2D eigenvalue weighted by Crippen LogP contribution is 2.25. The first kappa shape index (κ1) is 15.0. The van der Waals surface area contributed by atoms with Crippen LogP contribution >= 0.6 is 0 Å². The van der Waals surface area contributed by atoms with E-state index in [1.807, 2.05) is 25.1 Å². The van der Waals surface area contributed by atoms with Crippen LogP contribution in [0.5, 0.6) is 0 Å². The van der Waals surface area contributed by atoms with Crippen LogP contribution in [0.1, 0.15) is 32.2 Å². The van der Waals surface area contributed by atoms with Crippen LogP contribution in [-0.2, 0) is 11.8 Å². The lowest BCUT2D eigenvalue weighted by Gasteiger charge is -2.03. The summed E-state index contributed by atoms with van der Waals surface area (Å²) in [5.74, 6) is -0.715. The molecular weight excluding hydrogens is 296 g/mol. The van der Waals surface area contributed by atoms with Crippen molar-refractivity contribution in [2.45, 2.75) is 13.8 Å². The Hall–Kier alpha value is -2.89. The van der Waals surface area contributed by atoms with Gasteiger partial charge in [0.25, 0.3) is 0 Å². The maximum atomic E-state index is 12.3. The molecule has 6 heteroatoms. The largest absolute Gasteiger partial charge is 0.453 e. The number of aryl methyl sites for hydroxylation is 2. The van der Waals surface area contributed by atoms with E-state index in [0.717, 1.165) is 10.9 Å². The van der Waals surface area contributed by atoms with Gasteiger partial charge < -0.3 is 9.15 Å². The number of ketones is 1. The van der Waals surface area contributed by atoms with Crippen molar-refractivity contribution in [1.82, 2.24) is 9.78 Å². The average molecular weight is 312 g/mol.